The van der Waals surface area contributed by atoms with Crippen LogP contribution in [0.1, 0.15) is 54.2 Å². The van der Waals surface area contributed by atoms with Crippen LogP contribution in [0.5, 0.6) is 0 Å². The van der Waals surface area contributed by atoms with Crippen molar-refractivity contribution in [3.8, 4) is 0 Å². The molecule has 2 aromatic heterocycles. The lowest BCUT2D eigenvalue weighted by Gasteiger charge is -2.18. The summed E-state index contributed by atoms with van der Waals surface area (Å²) in [6.07, 6.45) is 5.42. The molecule has 0 aliphatic heterocycles. The predicted octanol–water partition coefficient (Wildman–Crippen LogP) is 5.38. The molecule has 0 saturated carbocycles. The number of rotatable bonds is 9. The highest BCUT2D eigenvalue weighted by Gasteiger charge is 2.16. The Balaban J connectivity index is 1.37. The molecule has 2 heterocycles. The van der Waals surface area contributed by atoms with Gasteiger partial charge in [-0.1, -0.05) is 48.9 Å². The van der Waals surface area contributed by atoms with Crippen LogP contribution in [-0.4, -0.2) is 22.0 Å². The van der Waals surface area contributed by atoms with Gasteiger partial charge in [0.2, 0.25) is 0 Å². The van der Waals surface area contributed by atoms with Crippen molar-refractivity contribution in [1.29, 1.82) is 0 Å². The quantitative estimate of drug-likeness (QED) is 0.383. The third-order valence-corrected chi connectivity index (χ3v) is 5.45. The van der Waals surface area contributed by atoms with Gasteiger partial charge in [-0.3, -0.25) is 4.79 Å². The molecule has 0 aliphatic carbocycles. The predicted molar refractivity (Wildman–Crippen MR) is 119 cm³/mol. The maximum atomic E-state index is 11.9. The number of carbonyl (C=O) groups is 1. The van der Waals surface area contributed by atoms with Gasteiger partial charge < -0.3 is 14.3 Å². The van der Waals surface area contributed by atoms with E-state index < -0.39 is 0 Å². The fourth-order valence-electron chi connectivity index (χ4n) is 3.87. The van der Waals surface area contributed by atoms with Crippen LogP contribution in [0, 0.1) is 0 Å². The van der Waals surface area contributed by atoms with Crippen molar-refractivity contribution in [2.24, 2.45) is 0 Å². The standard InChI is InChI=1S/C25H27N3O2/c1-19(20-11-4-2-5-12-20)28-22-14-8-7-13-21(22)27-24(28)16-6-3-9-17-26-25(29)23-15-10-18-30-23/h2,4-5,7-8,10-15,18-19H,3,6,9,16-17H2,1H3,(H,26,29). The average molecular weight is 402 g/mol. The summed E-state index contributed by atoms with van der Waals surface area (Å²) >= 11 is 0. The van der Waals surface area contributed by atoms with Gasteiger partial charge in [0.25, 0.3) is 5.91 Å². The number of para-hydroxylation sites is 2. The number of imidazole rings is 1. The van der Waals surface area contributed by atoms with Crippen molar-refractivity contribution in [3.05, 3.63) is 90.1 Å². The second-order valence-corrected chi connectivity index (χ2v) is 7.52. The molecular weight excluding hydrogens is 374 g/mol. The van der Waals surface area contributed by atoms with Gasteiger partial charge >= 0.3 is 0 Å². The molecule has 5 heteroatoms. The number of hydrogen-bond acceptors (Lipinski definition) is 3. The lowest BCUT2D eigenvalue weighted by molar-refractivity contribution is 0.0925. The number of carbonyl (C=O) groups excluding carboxylic acids is 1. The van der Waals surface area contributed by atoms with Crippen molar-refractivity contribution in [3.63, 3.8) is 0 Å². The van der Waals surface area contributed by atoms with E-state index in [0.717, 1.165) is 37.0 Å². The lowest BCUT2D eigenvalue weighted by Crippen LogP contribution is -2.23. The highest BCUT2D eigenvalue weighted by molar-refractivity contribution is 5.91. The van der Waals surface area contributed by atoms with E-state index in [9.17, 15) is 4.79 Å². The highest BCUT2D eigenvalue weighted by atomic mass is 16.3. The SMILES string of the molecule is CC(c1ccccc1)n1c(CCCCCNC(=O)c2ccco2)nc2ccccc21. The van der Waals surface area contributed by atoms with Crippen LogP contribution in [0.2, 0.25) is 0 Å². The molecule has 0 spiro atoms. The Kier molecular flexibility index (Phi) is 6.28. The number of nitrogens with zero attached hydrogens (tertiary/aromatic N) is 2. The molecule has 0 bridgehead atoms. The summed E-state index contributed by atoms with van der Waals surface area (Å²) in [6.45, 7) is 2.88. The topological polar surface area (TPSA) is 60.1 Å². The van der Waals surface area contributed by atoms with Gasteiger partial charge in [0.1, 0.15) is 5.82 Å². The molecule has 1 atom stereocenters. The van der Waals surface area contributed by atoms with Crippen LogP contribution in [0.4, 0.5) is 0 Å². The van der Waals surface area contributed by atoms with E-state index in [0.29, 0.717) is 12.3 Å². The Morgan fingerprint density at radius 1 is 1.00 bits per heavy atom. The summed E-state index contributed by atoms with van der Waals surface area (Å²) in [4.78, 5) is 16.8. The van der Waals surface area contributed by atoms with Crippen LogP contribution in [0.25, 0.3) is 11.0 Å². The van der Waals surface area contributed by atoms with Gasteiger partial charge in [-0.25, -0.2) is 4.98 Å². The number of hydrogen-bond donors (Lipinski definition) is 1. The van der Waals surface area contributed by atoms with E-state index in [2.05, 4.69) is 59.3 Å². The minimum absolute atomic E-state index is 0.154. The molecule has 0 radical (unpaired) electrons. The van der Waals surface area contributed by atoms with E-state index in [4.69, 9.17) is 9.40 Å². The van der Waals surface area contributed by atoms with Crippen molar-refractivity contribution >= 4 is 16.9 Å². The Hall–Kier alpha value is -3.34. The summed E-state index contributed by atoms with van der Waals surface area (Å²) in [7, 11) is 0. The third-order valence-electron chi connectivity index (χ3n) is 5.45. The normalized spacial score (nSPS) is 12.2. The zero-order valence-electron chi connectivity index (χ0n) is 17.3. The fourth-order valence-corrected chi connectivity index (χ4v) is 3.87. The molecule has 4 rings (SSSR count). The number of benzene rings is 2. The summed E-state index contributed by atoms with van der Waals surface area (Å²) < 4.78 is 7.47. The zero-order chi connectivity index (χ0) is 20.8. The molecule has 0 saturated heterocycles. The smallest absolute Gasteiger partial charge is 0.286 e. The number of nitrogens with one attached hydrogen (secondary N) is 1. The van der Waals surface area contributed by atoms with E-state index in [-0.39, 0.29) is 11.9 Å². The Morgan fingerprint density at radius 2 is 1.80 bits per heavy atom. The molecule has 0 aliphatic rings. The largest absolute Gasteiger partial charge is 0.459 e. The monoisotopic (exact) mass is 401 g/mol. The van der Waals surface area contributed by atoms with Gasteiger partial charge in [-0.2, -0.15) is 0 Å². The van der Waals surface area contributed by atoms with Crippen LogP contribution in [0.15, 0.2) is 77.4 Å². The summed E-state index contributed by atoms with van der Waals surface area (Å²) in [5.41, 5.74) is 3.50. The maximum Gasteiger partial charge on any atom is 0.286 e. The fraction of sp³-hybridized carbons (Fsp3) is 0.280. The summed E-state index contributed by atoms with van der Waals surface area (Å²) in [6, 6.07) is 22.5. The molecular formula is C25H27N3O2. The first-order valence-corrected chi connectivity index (χ1v) is 10.6. The van der Waals surface area contributed by atoms with E-state index in [1.807, 2.05) is 12.1 Å². The Labute approximate surface area is 176 Å². The van der Waals surface area contributed by atoms with Gasteiger partial charge in [-0.15, -0.1) is 0 Å². The van der Waals surface area contributed by atoms with Crippen molar-refractivity contribution in [2.45, 2.75) is 38.6 Å². The number of fused-ring (bicyclic) bond motifs is 1. The van der Waals surface area contributed by atoms with Gasteiger partial charge in [0.15, 0.2) is 5.76 Å². The molecule has 2 aromatic carbocycles. The second kappa shape index (κ2) is 9.44. The van der Waals surface area contributed by atoms with Gasteiger partial charge in [0, 0.05) is 13.0 Å². The average Bonchev–Trinajstić information content (AvgIpc) is 3.44. The molecule has 1 N–H and O–H groups in total. The zero-order valence-corrected chi connectivity index (χ0v) is 17.3. The number of furan rings is 1. The number of unbranched alkanes of at least 4 members (excludes halogenated alkanes) is 2. The molecule has 4 aromatic rings. The molecule has 1 unspecified atom stereocenters. The number of aromatic nitrogens is 2. The first-order valence-electron chi connectivity index (χ1n) is 10.6. The van der Waals surface area contributed by atoms with Crippen molar-refractivity contribution < 1.29 is 9.21 Å². The van der Waals surface area contributed by atoms with E-state index in [1.165, 1.54) is 17.3 Å². The number of aryl methyl sites for hydroxylation is 1. The van der Waals surface area contributed by atoms with E-state index >= 15 is 0 Å². The number of amides is 1. The first-order chi connectivity index (χ1) is 14.7. The van der Waals surface area contributed by atoms with Crippen LogP contribution in [-0.2, 0) is 6.42 Å². The lowest BCUT2D eigenvalue weighted by atomic mass is 10.1. The minimum atomic E-state index is -0.154. The molecule has 154 valence electrons. The third kappa shape index (κ3) is 4.46. The minimum Gasteiger partial charge on any atom is -0.459 e. The summed E-state index contributed by atoms with van der Waals surface area (Å²) in [5, 5.41) is 2.90. The Morgan fingerprint density at radius 3 is 2.60 bits per heavy atom. The maximum absolute atomic E-state index is 11.9. The van der Waals surface area contributed by atoms with E-state index in [1.54, 1.807) is 12.1 Å². The van der Waals surface area contributed by atoms with Crippen LogP contribution < -0.4 is 5.32 Å². The van der Waals surface area contributed by atoms with Crippen molar-refractivity contribution in [2.75, 3.05) is 6.54 Å². The summed E-state index contributed by atoms with van der Waals surface area (Å²) in [5.74, 6) is 1.32. The molecule has 0 fully saturated rings. The Bertz CT molecular complexity index is 1080. The van der Waals surface area contributed by atoms with Crippen molar-refractivity contribution in [1.82, 2.24) is 14.9 Å². The van der Waals surface area contributed by atoms with Gasteiger partial charge in [0.05, 0.1) is 23.3 Å². The first kappa shape index (κ1) is 20.0. The highest BCUT2D eigenvalue weighted by Crippen LogP contribution is 2.26. The van der Waals surface area contributed by atoms with Crippen LogP contribution >= 0.6 is 0 Å². The van der Waals surface area contributed by atoms with Crippen LogP contribution in [0.3, 0.4) is 0 Å². The molecule has 1 amide bonds. The van der Waals surface area contributed by atoms with Gasteiger partial charge in [-0.05, 0) is 49.6 Å². The second-order valence-electron chi connectivity index (χ2n) is 7.52. The molecule has 30 heavy (non-hydrogen) atoms. The molecule has 5 nitrogen and oxygen atoms in total.